The first-order chi connectivity index (χ1) is 10.6. The van der Waals surface area contributed by atoms with E-state index in [4.69, 9.17) is 0 Å². The van der Waals surface area contributed by atoms with Gasteiger partial charge in [-0.25, -0.2) is 8.78 Å². The molecule has 1 saturated heterocycles. The average Bonchev–Trinajstić information content (AvgIpc) is 2.48. The molecular weight excluding hydrogens is 280 g/mol. The van der Waals surface area contributed by atoms with Gasteiger partial charge in [-0.2, -0.15) is 0 Å². The molecule has 0 radical (unpaired) electrons. The zero-order valence-corrected chi connectivity index (χ0v) is 12.8. The van der Waals surface area contributed by atoms with Gasteiger partial charge in [0.2, 0.25) is 0 Å². The van der Waals surface area contributed by atoms with Crippen molar-refractivity contribution in [2.24, 2.45) is 5.92 Å². The number of piperidine rings is 1. The summed E-state index contributed by atoms with van der Waals surface area (Å²) < 4.78 is 27.4. The molecule has 3 rings (SSSR count). The van der Waals surface area contributed by atoms with Crippen LogP contribution in [0.3, 0.4) is 0 Å². The lowest BCUT2D eigenvalue weighted by Crippen LogP contribution is -2.35. The van der Waals surface area contributed by atoms with E-state index in [9.17, 15) is 8.78 Å². The minimum atomic E-state index is -0.233. The van der Waals surface area contributed by atoms with Crippen LogP contribution in [0, 0.1) is 17.6 Å². The number of nitrogens with zero attached hydrogens (tertiary/aromatic N) is 1. The first kappa shape index (κ1) is 15.2. The van der Waals surface area contributed by atoms with Gasteiger partial charge in [-0.3, -0.25) is 0 Å². The van der Waals surface area contributed by atoms with Crippen molar-refractivity contribution in [2.45, 2.75) is 18.8 Å². The smallest absolute Gasteiger partial charge is 0.123 e. The van der Waals surface area contributed by atoms with Gasteiger partial charge in [0.1, 0.15) is 11.6 Å². The molecule has 0 aliphatic carbocycles. The molecule has 0 amide bonds. The van der Waals surface area contributed by atoms with Gasteiger partial charge in [-0.15, -0.1) is 0 Å². The highest BCUT2D eigenvalue weighted by Crippen LogP contribution is 2.37. The van der Waals surface area contributed by atoms with Gasteiger partial charge in [0.05, 0.1) is 0 Å². The van der Waals surface area contributed by atoms with Crippen molar-refractivity contribution >= 4 is 0 Å². The quantitative estimate of drug-likeness (QED) is 0.810. The molecule has 1 nitrogen and oxygen atoms in total. The molecule has 1 heterocycles. The van der Waals surface area contributed by atoms with Gasteiger partial charge in [0.25, 0.3) is 0 Å². The van der Waals surface area contributed by atoms with Crippen molar-refractivity contribution in [3.05, 3.63) is 71.3 Å². The minimum absolute atomic E-state index is 0.0362. The van der Waals surface area contributed by atoms with Gasteiger partial charge >= 0.3 is 0 Å². The predicted molar refractivity (Wildman–Crippen MR) is 84.9 cm³/mol. The highest BCUT2D eigenvalue weighted by Gasteiger charge is 2.28. The van der Waals surface area contributed by atoms with Crippen LogP contribution >= 0.6 is 0 Å². The second-order valence-electron chi connectivity index (χ2n) is 6.25. The molecule has 0 bridgehead atoms. The summed E-state index contributed by atoms with van der Waals surface area (Å²) >= 11 is 0. The molecule has 2 aromatic rings. The molecule has 2 aromatic carbocycles. The number of benzene rings is 2. The number of halogens is 2. The maximum Gasteiger partial charge on any atom is 0.123 e. The van der Waals surface area contributed by atoms with Crippen LogP contribution in [-0.2, 0) is 0 Å². The fourth-order valence-electron chi connectivity index (χ4n) is 3.62. The number of rotatable bonds is 3. The van der Waals surface area contributed by atoms with E-state index < -0.39 is 0 Å². The standard InChI is InChI=1S/C19H21F2N/c1-22-10-4-7-16(13-22)19(14-5-2-8-17(20)11-14)15-6-3-9-18(21)12-15/h2-3,5-6,8-9,11-12,16,19H,4,7,10,13H2,1H3. The lowest BCUT2D eigenvalue weighted by atomic mass is 9.77. The van der Waals surface area contributed by atoms with Crippen LogP contribution in [0.25, 0.3) is 0 Å². The number of hydrogen-bond acceptors (Lipinski definition) is 1. The average molecular weight is 301 g/mol. The molecule has 0 N–H and O–H groups in total. The summed E-state index contributed by atoms with van der Waals surface area (Å²) in [5.74, 6) is -0.0531. The molecule has 1 aliphatic heterocycles. The molecule has 22 heavy (non-hydrogen) atoms. The third-order valence-corrected chi connectivity index (χ3v) is 4.55. The van der Waals surface area contributed by atoms with Crippen molar-refractivity contribution in [1.82, 2.24) is 4.90 Å². The molecule has 0 saturated carbocycles. The largest absolute Gasteiger partial charge is 0.306 e. The Labute approximate surface area is 130 Å². The van der Waals surface area contributed by atoms with Crippen LogP contribution in [0.15, 0.2) is 48.5 Å². The van der Waals surface area contributed by atoms with E-state index in [0.717, 1.165) is 37.1 Å². The molecule has 1 atom stereocenters. The SMILES string of the molecule is CN1CCCC(C(c2cccc(F)c2)c2cccc(F)c2)C1. The third-order valence-electron chi connectivity index (χ3n) is 4.55. The van der Waals surface area contributed by atoms with E-state index in [-0.39, 0.29) is 17.6 Å². The maximum absolute atomic E-state index is 13.7. The summed E-state index contributed by atoms with van der Waals surface area (Å²) in [5.41, 5.74) is 1.87. The van der Waals surface area contributed by atoms with Crippen LogP contribution in [0.5, 0.6) is 0 Å². The molecule has 1 unspecified atom stereocenters. The van der Waals surface area contributed by atoms with E-state index in [1.807, 2.05) is 12.1 Å². The molecule has 1 aliphatic rings. The normalized spacial score (nSPS) is 19.5. The van der Waals surface area contributed by atoms with Crippen molar-refractivity contribution in [2.75, 3.05) is 20.1 Å². The Bertz CT molecular complexity index is 595. The van der Waals surface area contributed by atoms with Crippen molar-refractivity contribution in [3.8, 4) is 0 Å². The summed E-state index contributed by atoms with van der Waals surface area (Å²) in [7, 11) is 2.11. The van der Waals surface area contributed by atoms with Crippen LogP contribution in [0.1, 0.15) is 29.9 Å². The Morgan fingerprint density at radius 2 is 1.59 bits per heavy atom. The van der Waals surface area contributed by atoms with Gasteiger partial charge in [-0.1, -0.05) is 24.3 Å². The Morgan fingerprint density at radius 1 is 1.00 bits per heavy atom. The summed E-state index contributed by atoms with van der Waals surface area (Å²) in [4.78, 5) is 2.31. The topological polar surface area (TPSA) is 3.24 Å². The summed E-state index contributed by atoms with van der Waals surface area (Å²) in [6.07, 6.45) is 2.21. The Balaban J connectivity index is 2.01. The Kier molecular flexibility index (Phi) is 4.53. The van der Waals surface area contributed by atoms with Crippen LogP contribution < -0.4 is 0 Å². The molecule has 1 fully saturated rings. The highest BCUT2D eigenvalue weighted by molar-refractivity contribution is 5.34. The lowest BCUT2D eigenvalue weighted by Gasteiger charge is -2.35. The van der Waals surface area contributed by atoms with Crippen LogP contribution in [0.2, 0.25) is 0 Å². The van der Waals surface area contributed by atoms with E-state index in [0.29, 0.717) is 5.92 Å². The molecule has 0 aromatic heterocycles. The van der Waals surface area contributed by atoms with E-state index in [2.05, 4.69) is 11.9 Å². The molecule has 116 valence electrons. The van der Waals surface area contributed by atoms with Gasteiger partial charge in [0, 0.05) is 12.5 Å². The van der Waals surface area contributed by atoms with E-state index in [1.165, 1.54) is 12.1 Å². The van der Waals surface area contributed by atoms with Crippen LogP contribution in [-0.4, -0.2) is 25.0 Å². The summed E-state index contributed by atoms with van der Waals surface area (Å²) in [6, 6.07) is 13.5. The summed E-state index contributed by atoms with van der Waals surface area (Å²) in [5, 5.41) is 0. The zero-order chi connectivity index (χ0) is 15.5. The second kappa shape index (κ2) is 6.57. The fourth-order valence-corrected chi connectivity index (χ4v) is 3.62. The van der Waals surface area contributed by atoms with E-state index >= 15 is 0 Å². The third kappa shape index (κ3) is 3.36. The first-order valence-electron chi connectivity index (χ1n) is 7.83. The van der Waals surface area contributed by atoms with Gasteiger partial charge < -0.3 is 4.90 Å². The zero-order valence-electron chi connectivity index (χ0n) is 12.8. The first-order valence-corrected chi connectivity index (χ1v) is 7.83. The Morgan fingerprint density at radius 3 is 2.09 bits per heavy atom. The maximum atomic E-state index is 13.7. The lowest BCUT2D eigenvalue weighted by molar-refractivity contribution is 0.196. The molecule has 0 spiro atoms. The fraction of sp³-hybridized carbons (Fsp3) is 0.368. The van der Waals surface area contributed by atoms with Crippen molar-refractivity contribution in [1.29, 1.82) is 0 Å². The van der Waals surface area contributed by atoms with E-state index in [1.54, 1.807) is 24.3 Å². The highest BCUT2D eigenvalue weighted by atomic mass is 19.1. The van der Waals surface area contributed by atoms with Crippen molar-refractivity contribution < 1.29 is 8.78 Å². The molecular formula is C19H21F2N. The predicted octanol–water partition coefficient (Wildman–Crippen LogP) is 4.44. The summed E-state index contributed by atoms with van der Waals surface area (Å²) in [6.45, 7) is 2.05. The van der Waals surface area contributed by atoms with Gasteiger partial charge in [-0.05, 0) is 67.7 Å². The second-order valence-corrected chi connectivity index (χ2v) is 6.25. The molecule has 3 heteroatoms. The minimum Gasteiger partial charge on any atom is -0.306 e. The van der Waals surface area contributed by atoms with Gasteiger partial charge in [0.15, 0.2) is 0 Å². The van der Waals surface area contributed by atoms with Crippen molar-refractivity contribution in [3.63, 3.8) is 0 Å². The Hall–Kier alpha value is -1.74. The number of hydrogen-bond donors (Lipinski definition) is 0. The number of likely N-dealkylation sites (tertiary alicyclic amines) is 1. The van der Waals surface area contributed by atoms with Crippen LogP contribution in [0.4, 0.5) is 8.78 Å². The monoisotopic (exact) mass is 301 g/mol.